The highest BCUT2D eigenvalue weighted by atomic mass is 35.5. The predicted octanol–water partition coefficient (Wildman–Crippen LogP) is 2.72. The maximum Gasteiger partial charge on any atom is 0.412 e. The van der Waals surface area contributed by atoms with Crippen molar-refractivity contribution >= 4 is 40.3 Å². The van der Waals surface area contributed by atoms with Crippen molar-refractivity contribution in [3.8, 4) is 0 Å². The Morgan fingerprint density at radius 1 is 1.10 bits per heavy atom. The number of nitrogens with zero attached hydrogens (tertiary/aromatic N) is 6. The van der Waals surface area contributed by atoms with Crippen molar-refractivity contribution in [1.29, 1.82) is 0 Å². The first-order chi connectivity index (χ1) is 15.0. The van der Waals surface area contributed by atoms with E-state index in [-0.39, 0.29) is 5.69 Å². The summed E-state index contributed by atoms with van der Waals surface area (Å²) in [6.07, 6.45) is 1.37. The highest BCUT2D eigenvalue weighted by molar-refractivity contribution is 6.31. The van der Waals surface area contributed by atoms with Crippen molar-refractivity contribution in [2.24, 2.45) is 0 Å². The number of likely N-dealkylation sites (N-methyl/N-ethyl adjacent to an activating group) is 1. The molecule has 0 saturated carbocycles. The fraction of sp³-hybridized carbons (Fsp3) is 0.286. The summed E-state index contributed by atoms with van der Waals surface area (Å²) in [6.45, 7) is 2.62. The third-order valence-corrected chi connectivity index (χ3v) is 5.71. The van der Waals surface area contributed by atoms with Crippen LogP contribution < -0.4 is 4.90 Å². The molecule has 0 radical (unpaired) electrons. The van der Waals surface area contributed by atoms with Gasteiger partial charge in [-0.25, -0.2) is 19.7 Å². The van der Waals surface area contributed by atoms with Gasteiger partial charge in [0, 0.05) is 49.0 Å². The lowest BCUT2D eigenvalue weighted by atomic mass is 10.2. The van der Waals surface area contributed by atoms with E-state index in [1.807, 2.05) is 13.1 Å². The van der Waals surface area contributed by atoms with Gasteiger partial charge in [0.15, 0.2) is 5.69 Å². The van der Waals surface area contributed by atoms with E-state index < -0.39 is 18.2 Å². The number of hydrogen-bond acceptors (Lipinski definition) is 7. The molecule has 0 bridgehead atoms. The Morgan fingerprint density at radius 2 is 1.87 bits per heavy atom. The smallest absolute Gasteiger partial charge is 0.412 e. The molecule has 31 heavy (non-hydrogen) atoms. The number of hydrogen-bond donors (Lipinski definition) is 0. The van der Waals surface area contributed by atoms with Gasteiger partial charge >= 0.3 is 6.09 Å². The lowest BCUT2D eigenvalue weighted by Gasteiger charge is -2.33. The van der Waals surface area contributed by atoms with Crippen LogP contribution in [0.3, 0.4) is 0 Å². The molecular weight excluding hydrogens is 420 g/mol. The molecule has 10 heteroatoms. The Labute approximate surface area is 183 Å². The predicted molar refractivity (Wildman–Crippen MR) is 114 cm³/mol. The first-order valence-corrected chi connectivity index (χ1v) is 10.2. The van der Waals surface area contributed by atoms with E-state index in [1.54, 1.807) is 29.2 Å². The van der Waals surface area contributed by atoms with Crippen LogP contribution in [-0.2, 0) is 4.74 Å². The van der Waals surface area contributed by atoms with Crippen LogP contribution in [0.4, 0.5) is 10.6 Å². The summed E-state index contributed by atoms with van der Waals surface area (Å²) in [7, 11) is 2.00. The highest BCUT2D eigenvalue weighted by Gasteiger charge is 2.44. The Balaban J connectivity index is 1.50. The molecule has 4 heterocycles. The Kier molecular flexibility index (Phi) is 4.91. The molecule has 0 aliphatic carbocycles. The molecule has 2 aromatic heterocycles. The van der Waals surface area contributed by atoms with E-state index in [0.717, 1.165) is 18.5 Å². The minimum absolute atomic E-state index is 0.150. The zero-order valence-corrected chi connectivity index (χ0v) is 17.5. The van der Waals surface area contributed by atoms with Crippen LogP contribution in [-0.4, -0.2) is 70.0 Å². The minimum Gasteiger partial charge on any atom is -0.419 e. The van der Waals surface area contributed by atoms with Gasteiger partial charge in [-0.2, -0.15) is 0 Å². The van der Waals surface area contributed by atoms with Crippen LogP contribution >= 0.6 is 11.6 Å². The molecule has 1 unspecified atom stereocenters. The van der Waals surface area contributed by atoms with Crippen LogP contribution in [0.5, 0.6) is 0 Å². The van der Waals surface area contributed by atoms with Crippen molar-refractivity contribution in [2.45, 2.75) is 6.23 Å². The molecule has 158 valence electrons. The van der Waals surface area contributed by atoms with E-state index in [0.29, 0.717) is 35.1 Å². The van der Waals surface area contributed by atoms with Gasteiger partial charge in [0.2, 0.25) is 6.23 Å². The van der Waals surface area contributed by atoms with Gasteiger partial charge in [-0.05, 0) is 37.4 Å². The van der Waals surface area contributed by atoms with Gasteiger partial charge in [-0.1, -0.05) is 11.6 Å². The third-order valence-electron chi connectivity index (χ3n) is 5.47. The molecule has 0 N–H and O–H groups in total. The molecule has 0 spiro atoms. The number of piperazine rings is 1. The quantitative estimate of drug-likeness (QED) is 0.607. The van der Waals surface area contributed by atoms with Crippen LogP contribution in [0, 0.1) is 0 Å². The van der Waals surface area contributed by atoms with Crippen LogP contribution in [0.1, 0.15) is 22.4 Å². The maximum absolute atomic E-state index is 13.1. The maximum atomic E-state index is 13.1. The molecule has 1 atom stereocenters. The number of amides is 2. The van der Waals surface area contributed by atoms with Crippen molar-refractivity contribution in [1.82, 2.24) is 24.8 Å². The summed E-state index contributed by atoms with van der Waals surface area (Å²) < 4.78 is 5.79. The van der Waals surface area contributed by atoms with Crippen LogP contribution in [0.25, 0.3) is 10.9 Å². The van der Waals surface area contributed by atoms with E-state index in [9.17, 15) is 9.59 Å². The molecule has 3 aromatic rings. The van der Waals surface area contributed by atoms with Gasteiger partial charge < -0.3 is 14.5 Å². The second-order valence-electron chi connectivity index (χ2n) is 7.50. The van der Waals surface area contributed by atoms with Gasteiger partial charge in [0.05, 0.1) is 5.52 Å². The third kappa shape index (κ3) is 3.55. The minimum atomic E-state index is -1.04. The largest absolute Gasteiger partial charge is 0.419 e. The average Bonchev–Trinajstić information content (AvgIpc) is 3.05. The lowest BCUT2D eigenvalue weighted by molar-refractivity contribution is 0.0477. The van der Waals surface area contributed by atoms with E-state index >= 15 is 0 Å². The van der Waals surface area contributed by atoms with Gasteiger partial charge in [0.25, 0.3) is 5.91 Å². The average molecular weight is 439 g/mol. The molecule has 9 nitrogen and oxygen atoms in total. The molecule has 1 fully saturated rings. The number of anilines is 1. The summed E-state index contributed by atoms with van der Waals surface area (Å²) in [5.74, 6) is -0.0732. The molecular formula is C21H19ClN6O3. The first-order valence-electron chi connectivity index (χ1n) is 9.86. The van der Waals surface area contributed by atoms with Crippen molar-refractivity contribution in [2.75, 3.05) is 38.1 Å². The molecule has 2 amide bonds. The lowest BCUT2D eigenvalue weighted by Crippen LogP contribution is -2.48. The van der Waals surface area contributed by atoms with E-state index in [4.69, 9.17) is 16.3 Å². The SMILES string of the molecule is CN1CCN(C(=O)OC2c3nccnc3C(=O)N2c2ccc3cc(Cl)ccc3n2)CC1. The second-order valence-corrected chi connectivity index (χ2v) is 7.93. The molecule has 2 aliphatic rings. The molecule has 5 rings (SSSR count). The number of fused-ring (bicyclic) bond motifs is 2. The summed E-state index contributed by atoms with van der Waals surface area (Å²) in [6, 6.07) is 8.81. The van der Waals surface area contributed by atoms with Crippen LogP contribution in [0.15, 0.2) is 42.7 Å². The van der Waals surface area contributed by atoms with Gasteiger partial charge in [0.1, 0.15) is 11.5 Å². The number of ether oxygens (including phenoxy) is 1. The van der Waals surface area contributed by atoms with Crippen LogP contribution in [0.2, 0.25) is 5.02 Å². The number of carbonyl (C=O) groups is 2. The zero-order valence-electron chi connectivity index (χ0n) is 16.7. The number of carbonyl (C=O) groups excluding carboxylic acids is 2. The Bertz CT molecular complexity index is 1180. The standard InChI is InChI=1S/C21H19ClN6O3/c1-26-8-10-27(11-9-26)21(30)31-20-18-17(23-6-7-24-18)19(29)28(20)16-5-2-13-12-14(22)3-4-15(13)25-16/h2-7,12,20H,8-11H2,1H3. The second kappa shape index (κ2) is 7.75. The number of rotatable bonds is 2. The number of benzene rings is 1. The Morgan fingerprint density at radius 3 is 2.68 bits per heavy atom. The fourth-order valence-corrected chi connectivity index (χ4v) is 3.93. The molecule has 1 aromatic carbocycles. The normalized spacial score (nSPS) is 19.0. The summed E-state index contributed by atoms with van der Waals surface area (Å²) >= 11 is 6.06. The monoisotopic (exact) mass is 438 g/mol. The molecule has 1 saturated heterocycles. The topological polar surface area (TPSA) is 91.8 Å². The van der Waals surface area contributed by atoms with E-state index in [1.165, 1.54) is 17.3 Å². The van der Waals surface area contributed by atoms with Crippen molar-refractivity contribution in [3.63, 3.8) is 0 Å². The van der Waals surface area contributed by atoms with Gasteiger partial charge in [-0.3, -0.25) is 9.78 Å². The fourth-order valence-electron chi connectivity index (χ4n) is 3.75. The first kappa shape index (κ1) is 19.7. The summed E-state index contributed by atoms with van der Waals surface area (Å²) in [5, 5.41) is 1.43. The molecule has 2 aliphatic heterocycles. The Hall–Kier alpha value is -3.30. The highest BCUT2D eigenvalue weighted by Crippen LogP contribution is 2.36. The van der Waals surface area contributed by atoms with E-state index in [2.05, 4.69) is 19.9 Å². The van der Waals surface area contributed by atoms with Crippen molar-refractivity contribution < 1.29 is 14.3 Å². The number of halogens is 1. The number of aromatic nitrogens is 3. The number of pyridine rings is 1. The summed E-state index contributed by atoms with van der Waals surface area (Å²) in [4.78, 5) is 44.1. The zero-order chi connectivity index (χ0) is 21.5. The van der Waals surface area contributed by atoms with Crippen molar-refractivity contribution in [3.05, 3.63) is 59.1 Å². The summed E-state index contributed by atoms with van der Waals surface area (Å²) in [5.41, 5.74) is 1.11. The van der Waals surface area contributed by atoms with Gasteiger partial charge in [-0.15, -0.1) is 0 Å².